The van der Waals surface area contributed by atoms with Crippen molar-refractivity contribution in [2.24, 2.45) is 5.92 Å². The van der Waals surface area contributed by atoms with Gasteiger partial charge >= 0.3 is 12.2 Å². The molecule has 0 spiro atoms. The Bertz CT molecular complexity index is 3210. The molecular formula is C51H52F4N12O8S. The Morgan fingerprint density at radius 1 is 0.842 bits per heavy atom. The van der Waals surface area contributed by atoms with E-state index >= 15 is 4.39 Å². The second-order valence-corrected chi connectivity index (χ2v) is 21.9. The highest BCUT2D eigenvalue weighted by atomic mass is 32.2. The van der Waals surface area contributed by atoms with Crippen molar-refractivity contribution in [3.8, 4) is 28.5 Å². The molecule has 25 heteroatoms. The summed E-state index contributed by atoms with van der Waals surface area (Å²) >= 11 is 0. The van der Waals surface area contributed by atoms with Gasteiger partial charge in [-0.2, -0.15) is 13.2 Å². The van der Waals surface area contributed by atoms with E-state index in [1.807, 2.05) is 4.90 Å². The number of imide groups is 2. The number of fused-ring (bicyclic) bond motifs is 1. The lowest BCUT2D eigenvalue weighted by atomic mass is 9.90. The monoisotopic (exact) mass is 1070 g/mol. The highest BCUT2D eigenvalue weighted by molar-refractivity contribution is 7.90. The van der Waals surface area contributed by atoms with Crippen molar-refractivity contribution in [1.82, 2.24) is 45.0 Å². The number of amides is 5. The first-order valence-electron chi connectivity index (χ1n) is 24.9. The number of anilines is 3. The maximum absolute atomic E-state index is 15.5. The Labute approximate surface area is 433 Å². The molecule has 398 valence electrons. The van der Waals surface area contributed by atoms with E-state index in [1.165, 1.54) is 13.0 Å². The molecule has 10 rings (SSSR count). The van der Waals surface area contributed by atoms with Crippen molar-refractivity contribution in [3.05, 3.63) is 90.0 Å². The summed E-state index contributed by atoms with van der Waals surface area (Å²) in [5.74, 6) is -3.15. The molecule has 1 aliphatic carbocycles. The minimum Gasteiger partial charge on any atom is -0.459 e. The zero-order valence-corrected chi connectivity index (χ0v) is 42.1. The topological polar surface area (TPSA) is 243 Å². The molecule has 2 N–H and O–H groups in total. The summed E-state index contributed by atoms with van der Waals surface area (Å²) in [6, 6.07) is 5.85. The fourth-order valence-electron chi connectivity index (χ4n) is 10.8. The lowest BCUT2D eigenvalue weighted by Crippen LogP contribution is -2.54. The molecule has 8 heterocycles. The van der Waals surface area contributed by atoms with E-state index in [9.17, 15) is 45.6 Å². The molecular weight excluding hydrogens is 1020 g/mol. The van der Waals surface area contributed by atoms with Crippen LogP contribution in [-0.2, 0) is 30.4 Å². The predicted molar refractivity (Wildman–Crippen MR) is 265 cm³/mol. The van der Waals surface area contributed by atoms with Crippen LogP contribution in [0.4, 0.5) is 34.9 Å². The highest BCUT2D eigenvalue weighted by Crippen LogP contribution is 2.38. The van der Waals surface area contributed by atoms with E-state index in [0.717, 1.165) is 68.0 Å². The highest BCUT2D eigenvalue weighted by Gasteiger charge is 2.46. The number of ether oxygens (including phenoxy) is 1. The van der Waals surface area contributed by atoms with Crippen LogP contribution in [0.3, 0.4) is 0 Å². The van der Waals surface area contributed by atoms with E-state index < -0.39 is 62.8 Å². The van der Waals surface area contributed by atoms with Crippen molar-refractivity contribution in [2.75, 3.05) is 54.1 Å². The zero-order chi connectivity index (χ0) is 53.6. The van der Waals surface area contributed by atoms with Crippen molar-refractivity contribution in [2.45, 2.75) is 100 Å². The average molecular weight is 1070 g/mol. The van der Waals surface area contributed by atoms with Gasteiger partial charge in [-0.15, -0.1) is 0 Å². The molecule has 0 unspecified atom stereocenters. The van der Waals surface area contributed by atoms with Gasteiger partial charge in [-0.1, -0.05) is 0 Å². The molecule has 4 aromatic heterocycles. The van der Waals surface area contributed by atoms with Crippen LogP contribution in [0.15, 0.2) is 72.4 Å². The van der Waals surface area contributed by atoms with Gasteiger partial charge in [-0.05, 0) is 87.6 Å². The van der Waals surface area contributed by atoms with E-state index in [0.29, 0.717) is 74.4 Å². The van der Waals surface area contributed by atoms with Crippen LogP contribution >= 0.6 is 0 Å². The number of sulfone groups is 1. The minimum absolute atomic E-state index is 0.00927. The third kappa shape index (κ3) is 10.9. The number of nitrogens with zero attached hydrogens (tertiary/aromatic N) is 10. The van der Waals surface area contributed by atoms with Crippen LogP contribution in [0.2, 0.25) is 0 Å². The molecule has 1 saturated carbocycles. The van der Waals surface area contributed by atoms with E-state index in [-0.39, 0.29) is 76.2 Å². The molecule has 5 amide bonds. The fraction of sp³-hybridized carbons (Fsp3) is 0.431. The van der Waals surface area contributed by atoms with Gasteiger partial charge in [0.05, 0.1) is 45.0 Å². The molecule has 3 saturated heterocycles. The number of pyridine rings is 2. The minimum atomic E-state index is -4.82. The van der Waals surface area contributed by atoms with Gasteiger partial charge < -0.3 is 19.9 Å². The van der Waals surface area contributed by atoms with Gasteiger partial charge in [0.1, 0.15) is 23.5 Å². The molecule has 2 atom stereocenters. The molecule has 5 aliphatic rings. The van der Waals surface area contributed by atoms with Crippen LogP contribution in [0.25, 0.3) is 22.5 Å². The summed E-state index contributed by atoms with van der Waals surface area (Å²) in [6.45, 7) is 4.89. The van der Waals surface area contributed by atoms with Gasteiger partial charge in [0.15, 0.2) is 9.84 Å². The van der Waals surface area contributed by atoms with Crippen LogP contribution in [0.5, 0.6) is 6.01 Å². The normalized spacial score (nSPS) is 21.7. The summed E-state index contributed by atoms with van der Waals surface area (Å²) in [6.07, 6.45) is 8.26. The Morgan fingerprint density at radius 2 is 1.57 bits per heavy atom. The maximum atomic E-state index is 15.5. The number of likely N-dealkylation sites (tertiary alicyclic amines) is 1. The standard InChI is InChI=1S/C51H52F4N12O8S/c1-28(68)66(33-5-3-32(4-6-33)61-49-58-25-39(51(53,54)55)45(63-49)30-17-36(24-56-20-30)76(2,73)74)34-7-8-41(57-23-34)31-21-59-50(60-22-31)75-35-13-14-64(27-35)26-29-11-15-65(16-12-29)43-19-38-37(18-40(43)52)47(71)67(48(38)72)42-9-10-44(69)62-46(42)70/h7-8,17-25,29,32-33,35,42H,3-6,9-16,26-27H2,1-2H3,(H,58,61,63)(H,62,69,70)/t32?,33?,35-,42-/m1/s1. The van der Waals surface area contributed by atoms with E-state index in [1.54, 1.807) is 35.6 Å². The summed E-state index contributed by atoms with van der Waals surface area (Å²) < 4.78 is 88.0. The van der Waals surface area contributed by atoms with Gasteiger partial charge in [0.25, 0.3) is 11.8 Å². The van der Waals surface area contributed by atoms with Crippen molar-refractivity contribution >= 4 is 56.7 Å². The maximum Gasteiger partial charge on any atom is 0.419 e. The first kappa shape index (κ1) is 51.9. The Kier molecular flexibility index (Phi) is 14.3. The van der Waals surface area contributed by atoms with Crippen molar-refractivity contribution in [3.63, 3.8) is 0 Å². The predicted octanol–water partition coefficient (Wildman–Crippen LogP) is 5.50. The third-order valence-electron chi connectivity index (χ3n) is 14.7. The number of halogens is 4. The third-order valence-corrected chi connectivity index (χ3v) is 15.8. The second kappa shape index (κ2) is 20.9. The number of carbonyl (C=O) groups is 5. The number of carbonyl (C=O) groups excluding carboxylic acids is 5. The quantitative estimate of drug-likeness (QED) is 0.109. The Hall–Kier alpha value is -7.54. The number of hydrogen-bond acceptors (Lipinski definition) is 17. The SMILES string of the molecule is CC(=O)N(c1ccc(-c2cnc(O[C@@H]3CCN(CC4CCN(c5cc6c(cc5F)C(=O)N([C@@H]5CCC(=O)NC5=O)C6=O)CC4)C3)nc2)nc1)C1CCC(Nc2ncc(C(F)(F)F)c(-c3cncc(S(C)(=O)=O)c3)n2)CC1. The van der Waals surface area contributed by atoms with Crippen LogP contribution in [0.1, 0.15) is 91.0 Å². The van der Waals surface area contributed by atoms with Gasteiger partial charge in [-0.3, -0.25) is 49.1 Å². The first-order valence-corrected chi connectivity index (χ1v) is 26.8. The number of piperidine rings is 2. The van der Waals surface area contributed by atoms with Gasteiger partial charge in [-0.25, -0.2) is 32.7 Å². The van der Waals surface area contributed by atoms with Gasteiger partial charge in [0, 0.05) is 107 Å². The summed E-state index contributed by atoms with van der Waals surface area (Å²) in [7, 11) is -3.76. The van der Waals surface area contributed by atoms with E-state index in [4.69, 9.17) is 4.74 Å². The number of hydrogen-bond donors (Lipinski definition) is 2. The number of alkyl halides is 3. The molecule has 5 aromatic rings. The number of aromatic nitrogens is 6. The molecule has 4 aliphatic heterocycles. The van der Waals surface area contributed by atoms with E-state index in [2.05, 4.69) is 45.4 Å². The van der Waals surface area contributed by atoms with Crippen LogP contribution < -0.4 is 25.2 Å². The average Bonchev–Trinajstić information content (AvgIpc) is 3.94. The molecule has 20 nitrogen and oxygen atoms in total. The first-order chi connectivity index (χ1) is 36.3. The lowest BCUT2D eigenvalue weighted by Gasteiger charge is -2.36. The second-order valence-electron chi connectivity index (χ2n) is 19.8. The largest absolute Gasteiger partial charge is 0.459 e. The zero-order valence-electron chi connectivity index (χ0n) is 41.3. The summed E-state index contributed by atoms with van der Waals surface area (Å²) in [5.41, 5.74) is 0.233. The summed E-state index contributed by atoms with van der Waals surface area (Å²) in [4.78, 5) is 95.7. The number of benzene rings is 1. The number of rotatable bonds is 13. The molecule has 0 bridgehead atoms. The van der Waals surface area contributed by atoms with Gasteiger partial charge in [0.2, 0.25) is 23.7 Å². The molecule has 76 heavy (non-hydrogen) atoms. The lowest BCUT2D eigenvalue weighted by molar-refractivity contribution is -0.138. The Morgan fingerprint density at radius 3 is 2.22 bits per heavy atom. The fourth-order valence-corrected chi connectivity index (χ4v) is 11.4. The molecule has 4 fully saturated rings. The van der Waals surface area contributed by atoms with Crippen molar-refractivity contribution < 1.29 is 54.7 Å². The van der Waals surface area contributed by atoms with Crippen molar-refractivity contribution in [1.29, 1.82) is 0 Å². The smallest absolute Gasteiger partial charge is 0.419 e. The summed E-state index contributed by atoms with van der Waals surface area (Å²) in [5, 5.41) is 5.30. The molecule has 0 radical (unpaired) electrons. The van der Waals surface area contributed by atoms with Crippen LogP contribution in [0, 0.1) is 11.7 Å². The molecule has 1 aromatic carbocycles. The number of nitrogens with one attached hydrogen (secondary N) is 2. The van der Waals surface area contributed by atoms with Crippen LogP contribution in [-0.4, -0.2) is 141 Å². The Balaban J connectivity index is 0.689.